The van der Waals surface area contributed by atoms with Crippen molar-refractivity contribution >= 4 is 29.0 Å². The van der Waals surface area contributed by atoms with Crippen LogP contribution in [0.25, 0.3) is 11.1 Å². The van der Waals surface area contributed by atoms with Gasteiger partial charge in [0, 0.05) is 40.2 Å². The van der Waals surface area contributed by atoms with E-state index in [9.17, 15) is 4.39 Å². The molecule has 0 bridgehead atoms. The lowest BCUT2D eigenvalue weighted by molar-refractivity contribution is 0.156. The Morgan fingerprint density at radius 2 is 1.84 bits per heavy atom. The standard InChI is InChI=1S/C23H23Cl2FN4O2/c1-13(21-17(24)3-4-18(26)22(21)25)31-19-10-15(12-30-23(19)27)14-2-5-20(29-11-14)32-16-6-8-28-9-7-16/h2-5,10-13,16,28H,6-9H2,1H3,(H2,27,30). The van der Waals surface area contributed by atoms with E-state index in [-0.39, 0.29) is 16.9 Å². The van der Waals surface area contributed by atoms with Crippen LogP contribution in [0.4, 0.5) is 10.2 Å². The van der Waals surface area contributed by atoms with Crippen LogP contribution in [0.15, 0.2) is 42.7 Å². The number of rotatable bonds is 6. The predicted octanol–water partition coefficient (Wildman–Crippen LogP) is 5.44. The highest BCUT2D eigenvalue weighted by molar-refractivity contribution is 6.36. The monoisotopic (exact) mass is 476 g/mol. The number of piperidine rings is 1. The van der Waals surface area contributed by atoms with Gasteiger partial charge in [-0.2, -0.15) is 0 Å². The summed E-state index contributed by atoms with van der Waals surface area (Å²) in [5.41, 5.74) is 7.95. The Hall–Kier alpha value is -2.61. The van der Waals surface area contributed by atoms with Crippen LogP contribution in [0.2, 0.25) is 10.0 Å². The van der Waals surface area contributed by atoms with Gasteiger partial charge in [-0.25, -0.2) is 14.4 Å². The zero-order chi connectivity index (χ0) is 22.7. The Labute approximate surface area is 195 Å². The van der Waals surface area contributed by atoms with Crippen LogP contribution in [0, 0.1) is 5.82 Å². The van der Waals surface area contributed by atoms with Gasteiger partial charge in [0.15, 0.2) is 11.6 Å². The Morgan fingerprint density at radius 1 is 1.09 bits per heavy atom. The second kappa shape index (κ2) is 9.90. The summed E-state index contributed by atoms with van der Waals surface area (Å²) in [5, 5.41) is 3.53. The quantitative estimate of drug-likeness (QED) is 0.460. The molecule has 1 aromatic carbocycles. The maximum absolute atomic E-state index is 13.9. The van der Waals surface area contributed by atoms with E-state index in [2.05, 4.69) is 15.3 Å². The predicted molar refractivity (Wildman–Crippen MR) is 124 cm³/mol. The lowest BCUT2D eigenvalue weighted by atomic mass is 10.1. The van der Waals surface area contributed by atoms with Crippen LogP contribution in [0.1, 0.15) is 31.4 Å². The van der Waals surface area contributed by atoms with E-state index in [1.165, 1.54) is 12.1 Å². The zero-order valence-electron chi connectivity index (χ0n) is 17.4. The molecule has 3 aromatic rings. The number of hydrogen-bond donors (Lipinski definition) is 2. The first-order valence-corrected chi connectivity index (χ1v) is 11.1. The van der Waals surface area contributed by atoms with E-state index in [1.807, 2.05) is 12.1 Å². The van der Waals surface area contributed by atoms with Crippen molar-refractivity contribution in [2.24, 2.45) is 0 Å². The number of nitrogens with zero attached hydrogens (tertiary/aromatic N) is 2. The van der Waals surface area contributed by atoms with E-state index in [0.29, 0.717) is 22.2 Å². The molecule has 32 heavy (non-hydrogen) atoms. The molecule has 6 nitrogen and oxygen atoms in total. The Kier molecular flexibility index (Phi) is 6.98. The molecule has 2 aromatic heterocycles. The number of anilines is 1. The van der Waals surface area contributed by atoms with Crippen molar-refractivity contribution in [1.29, 1.82) is 0 Å². The summed E-state index contributed by atoms with van der Waals surface area (Å²) < 4.78 is 25.8. The van der Waals surface area contributed by atoms with Crippen LogP contribution < -0.4 is 20.5 Å². The van der Waals surface area contributed by atoms with Crippen molar-refractivity contribution < 1.29 is 13.9 Å². The number of nitrogen functional groups attached to an aromatic ring is 1. The lowest BCUT2D eigenvalue weighted by Gasteiger charge is -2.23. The summed E-state index contributed by atoms with van der Waals surface area (Å²) in [4.78, 5) is 8.65. The average molecular weight is 477 g/mol. The van der Waals surface area contributed by atoms with Crippen molar-refractivity contribution in [3.63, 3.8) is 0 Å². The Morgan fingerprint density at radius 3 is 2.56 bits per heavy atom. The number of halogens is 3. The maximum atomic E-state index is 13.9. The topological polar surface area (TPSA) is 82.3 Å². The fraction of sp³-hybridized carbons (Fsp3) is 0.304. The zero-order valence-corrected chi connectivity index (χ0v) is 19.0. The number of aromatic nitrogens is 2. The minimum absolute atomic E-state index is 0.0822. The second-order valence-corrected chi connectivity index (χ2v) is 8.36. The summed E-state index contributed by atoms with van der Waals surface area (Å²) in [5.74, 6) is 0.549. The molecule has 1 atom stereocenters. The third-order valence-electron chi connectivity index (χ3n) is 5.31. The molecule has 1 fully saturated rings. The van der Waals surface area contributed by atoms with Crippen molar-refractivity contribution in [2.45, 2.75) is 32.0 Å². The minimum Gasteiger partial charge on any atom is -0.482 e. The van der Waals surface area contributed by atoms with Gasteiger partial charge in [-0.3, -0.25) is 0 Å². The molecule has 4 rings (SSSR count). The molecule has 1 saturated heterocycles. The Bertz CT molecular complexity index is 1090. The van der Waals surface area contributed by atoms with Crippen molar-refractivity contribution in [1.82, 2.24) is 15.3 Å². The van der Waals surface area contributed by atoms with Crippen LogP contribution in [0.5, 0.6) is 11.6 Å². The van der Waals surface area contributed by atoms with Gasteiger partial charge in [0.05, 0.1) is 5.02 Å². The van der Waals surface area contributed by atoms with Crippen LogP contribution >= 0.6 is 23.2 Å². The highest BCUT2D eigenvalue weighted by atomic mass is 35.5. The largest absolute Gasteiger partial charge is 0.482 e. The van der Waals surface area contributed by atoms with E-state index in [4.69, 9.17) is 38.4 Å². The first kappa shape index (κ1) is 22.6. The van der Waals surface area contributed by atoms with E-state index < -0.39 is 11.9 Å². The molecule has 0 amide bonds. The van der Waals surface area contributed by atoms with Gasteiger partial charge in [0.25, 0.3) is 0 Å². The van der Waals surface area contributed by atoms with E-state index in [1.54, 1.807) is 25.4 Å². The highest BCUT2D eigenvalue weighted by Gasteiger charge is 2.20. The van der Waals surface area contributed by atoms with Gasteiger partial charge in [0.1, 0.15) is 18.0 Å². The van der Waals surface area contributed by atoms with Gasteiger partial charge in [-0.05, 0) is 57.1 Å². The third-order valence-corrected chi connectivity index (χ3v) is 6.03. The summed E-state index contributed by atoms with van der Waals surface area (Å²) in [6.07, 6.45) is 4.81. The second-order valence-electron chi connectivity index (χ2n) is 7.58. The number of benzene rings is 1. The molecule has 0 aliphatic carbocycles. The number of hydrogen-bond acceptors (Lipinski definition) is 6. The first-order chi connectivity index (χ1) is 15.4. The van der Waals surface area contributed by atoms with Crippen molar-refractivity contribution in [3.8, 4) is 22.8 Å². The average Bonchev–Trinajstić information content (AvgIpc) is 2.79. The van der Waals surface area contributed by atoms with Gasteiger partial charge in [0.2, 0.25) is 5.88 Å². The van der Waals surface area contributed by atoms with E-state index in [0.717, 1.165) is 37.1 Å². The number of nitrogens with two attached hydrogens (primary N) is 1. The van der Waals surface area contributed by atoms with Gasteiger partial charge in [-0.1, -0.05) is 23.2 Å². The van der Waals surface area contributed by atoms with Gasteiger partial charge in [-0.15, -0.1) is 0 Å². The molecule has 9 heteroatoms. The molecule has 0 spiro atoms. The number of nitrogens with one attached hydrogen (secondary N) is 1. The molecule has 0 saturated carbocycles. The van der Waals surface area contributed by atoms with Crippen molar-refractivity contribution in [3.05, 3.63) is 64.2 Å². The first-order valence-electron chi connectivity index (χ1n) is 10.3. The fourth-order valence-electron chi connectivity index (χ4n) is 3.58. The molecular formula is C23H23Cl2FN4O2. The highest BCUT2D eigenvalue weighted by Crippen LogP contribution is 2.37. The SMILES string of the molecule is CC(Oc1cc(-c2ccc(OC3CCNCC3)nc2)cnc1N)c1c(Cl)ccc(F)c1Cl. The van der Waals surface area contributed by atoms with Gasteiger partial charge >= 0.3 is 0 Å². The minimum atomic E-state index is -0.649. The smallest absolute Gasteiger partial charge is 0.213 e. The summed E-state index contributed by atoms with van der Waals surface area (Å²) in [7, 11) is 0. The molecule has 3 heterocycles. The van der Waals surface area contributed by atoms with Crippen LogP contribution in [-0.4, -0.2) is 29.2 Å². The van der Waals surface area contributed by atoms with Crippen molar-refractivity contribution in [2.75, 3.05) is 18.8 Å². The van der Waals surface area contributed by atoms with Gasteiger partial charge < -0.3 is 20.5 Å². The van der Waals surface area contributed by atoms with Crippen LogP contribution in [0.3, 0.4) is 0 Å². The molecule has 0 radical (unpaired) electrons. The molecule has 1 aliphatic heterocycles. The molecule has 1 unspecified atom stereocenters. The fourth-order valence-corrected chi connectivity index (χ4v) is 4.25. The normalized spacial score (nSPS) is 15.4. The Balaban J connectivity index is 1.52. The molecule has 168 valence electrons. The lowest BCUT2D eigenvalue weighted by Crippen LogP contribution is -2.34. The maximum Gasteiger partial charge on any atom is 0.213 e. The molecule has 1 aliphatic rings. The molecule has 3 N–H and O–H groups in total. The summed E-state index contributed by atoms with van der Waals surface area (Å²) in [6.45, 7) is 3.62. The summed E-state index contributed by atoms with van der Waals surface area (Å²) in [6, 6.07) is 8.15. The molecular weight excluding hydrogens is 454 g/mol. The third kappa shape index (κ3) is 5.06. The van der Waals surface area contributed by atoms with E-state index >= 15 is 0 Å². The number of pyridine rings is 2. The number of ether oxygens (including phenoxy) is 2. The summed E-state index contributed by atoms with van der Waals surface area (Å²) >= 11 is 12.3. The van der Waals surface area contributed by atoms with Crippen LogP contribution in [-0.2, 0) is 0 Å².